The molecule has 0 aromatic heterocycles. The number of carbonyl (C=O) groups is 3. The number of rotatable bonds is 3. The van der Waals surface area contributed by atoms with Crippen molar-refractivity contribution in [3.63, 3.8) is 0 Å². The van der Waals surface area contributed by atoms with Crippen molar-refractivity contribution in [2.24, 2.45) is 0 Å². The van der Waals surface area contributed by atoms with Gasteiger partial charge in [0.05, 0.1) is 6.04 Å². The standard InChI is InChI=1S/C25H27N3O3/c1-27(21-14-6-10-17-8-2-4-12-19(17)21)22(29)16-28-23(30)25(26-24(28)31)15-7-11-18-9-3-5-13-20(18)25/h2-5,8-9,12-13,21H,6-7,10-11,14-16H2,1H3,(H,26,31). The Bertz CT molecular complexity index is 1070. The number of carbonyl (C=O) groups excluding carboxylic acids is 3. The molecule has 2 aromatic rings. The summed E-state index contributed by atoms with van der Waals surface area (Å²) in [6, 6.07) is 15.5. The number of amides is 4. The first-order valence-corrected chi connectivity index (χ1v) is 11.1. The number of aryl methyl sites for hydroxylation is 2. The molecule has 4 amide bonds. The fourth-order valence-electron chi connectivity index (χ4n) is 5.51. The van der Waals surface area contributed by atoms with Crippen LogP contribution in [0.5, 0.6) is 0 Å². The first kappa shape index (κ1) is 19.8. The van der Waals surface area contributed by atoms with Gasteiger partial charge in [-0.15, -0.1) is 0 Å². The van der Waals surface area contributed by atoms with E-state index in [9.17, 15) is 14.4 Å². The van der Waals surface area contributed by atoms with Crippen molar-refractivity contribution >= 4 is 17.8 Å². The van der Waals surface area contributed by atoms with E-state index in [1.54, 1.807) is 11.9 Å². The third kappa shape index (κ3) is 3.12. The lowest BCUT2D eigenvalue weighted by Crippen LogP contribution is -2.47. The highest BCUT2D eigenvalue weighted by molar-refractivity contribution is 6.09. The lowest BCUT2D eigenvalue weighted by atomic mass is 9.76. The average Bonchev–Trinajstić information content (AvgIpc) is 3.03. The number of hydrogen-bond donors (Lipinski definition) is 1. The van der Waals surface area contributed by atoms with Crippen molar-refractivity contribution in [2.75, 3.05) is 13.6 Å². The number of hydrogen-bond acceptors (Lipinski definition) is 3. The Morgan fingerprint density at radius 1 is 1.06 bits per heavy atom. The second-order valence-electron chi connectivity index (χ2n) is 8.85. The van der Waals surface area contributed by atoms with E-state index >= 15 is 0 Å². The second-order valence-corrected chi connectivity index (χ2v) is 8.85. The summed E-state index contributed by atoms with van der Waals surface area (Å²) in [5.74, 6) is -0.526. The molecular weight excluding hydrogens is 390 g/mol. The third-order valence-corrected chi connectivity index (χ3v) is 7.14. The summed E-state index contributed by atoms with van der Waals surface area (Å²) in [7, 11) is 1.78. The number of nitrogens with zero attached hydrogens (tertiary/aromatic N) is 2. The molecule has 1 saturated heterocycles. The van der Waals surface area contributed by atoms with Crippen molar-refractivity contribution < 1.29 is 14.4 Å². The van der Waals surface area contributed by atoms with E-state index in [2.05, 4.69) is 17.4 Å². The Balaban J connectivity index is 1.37. The van der Waals surface area contributed by atoms with Gasteiger partial charge in [0.1, 0.15) is 12.1 Å². The Labute approximate surface area is 182 Å². The maximum absolute atomic E-state index is 13.5. The van der Waals surface area contributed by atoms with Gasteiger partial charge in [0.25, 0.3) is 5.91 Å². The van der Waals surface area contributed by atoms with E-state index in [1.165, 1.54) is 11.1 Å². The second kappa shape index (κ2) is 7.52. The fourth-order valence-corrected chi connectivity index (χ4v) is 5.51. The van der Waals surface area contributed by atoms with Gasteiger partial charge < -0.3 is 10.2 Å². The fraction of sp³-hybridized carbons (Fsp3) is 0.400. The number of imide groups is 1. The van der Waals surface area contributed by atoms with Crippen LogP contribution in [-0.2, 0) is 28.0 Å². The summed E-state index contributed by atoms with van der Waals surface area (Å²) < 4.78 is 0. The Hall–Kier alpha value is -3.15. The summed E-state index contributed by atoms with van der Waals surface area (Å²) in [5.41, 5.74) is 3.35. The molecule has 0 bridgehead atoms. The number of benzene rings is 2. The smallest absolute Gasteiger partial charge is 0.325 e. The molecule has 6 heteroatoms. The molecule has 1 aliphatic heterocycles. The Morgan fingerprint density at radius 2 is 1.77 bits per heavy atom. The molecule has 2 unspecified atom stereocenters. The first-order valence-electron chi connectivity index (χ1n) is 11.1. The van der Waals surface area contributed by atoms with Gasteiger partial charge >= 0.3 is 6.03 Å². The van der Waals surface area contributed by atoms with Crippen molar-refractivity contribution in [1.82, 2.24) is 15.1 Å². The molecular formula is C25H27N3O3. The predicted octanol–water partition coefficient (Wildman–Crippen LogP) is 3.31. The molecule has 1 fully saturated rings. The van der Waals surface area contributed by atoms with Gasteiger partial charge in [-0.05, 0) is 60.8 Å². The minimum absolute atomic E-state index is 0.0254. The van der Waals surface area contributed by atoms with E-state index in [1.807, 2.05) is 36.4 Å². The molecule has 2 aromatic carbocycles. The maximum atomic E-state index is 13.5. The molecule has 160 valence electrons. The highest BCUT2D eigenvalue weighted by atomic mass is 16.2. The van der Waals surface area contributed by atoms with Gasteiger partial charge in [0.15, 0.2) is 0 Å². The van der Waals surface area contributed by atoms with Crippen LogP contribution in [0.1, 0.15) is 54.0 Å². The van der Waals surface area contributed by atoms with E-state index in [0.29, 0.717) is 6.42 Å². The van der Waals surface area contributed by atoms with Crippen LogP contribution in [0.2, 0.25) is 0 Å². The number of fused-ring (bicyclic) bond motifs is 3. The van der Waals surface area contributed by atoms with Crippen molar-refractivity contribution in [3.8, 4) is 0 Å². The quantitative estimate of drug-likeness (QED) is 0.779. The topological polar surface area (TPSA) is 69.7 Å². The molecule has 0 radical (unpaired) electrons. The minimum atomic E-state index is -1.04. The van der Waals surface area contributed by atoms with Crippen molar-refractivity contribution in [3.05, 3.63) is 70.8 Å². The zero-order chi connectivity index (χ0) is 21.6. The van der Waals surface area contributed by atoms with E-state index in [4.69, 9.17) is 0 Å². The molecule has 31 heavy (non-hydrogen) atoms. The summed E-state index contributed by atoms with van der Waals surface area (Å²) in [6.07, 6.45) is 5.20. The van der Waals surface area contributed by atoms with Gasteiger partial charge in [-0.2, -0.15) is 0 Å². The van der Waals surface area contributed by atoms with Gasteiger partial charge in [0.2, 0.25) is 5.91 Å². The summed E-state index contributed by atoms with van der Waals surface area (Å²) in [4.78, 5) is 42.3. The highest BCUT2D eigenvalue weighted by Gasteiger charge is 2.54. The largest absolute Gasteiger partial charge is 0.337 e. The molecule has 3 aliphatic rings. The lowest BCUT2D eigenvalue weighted by Gasteiger charge is -2.34. The minimum Gasteiger partial charge on any atom is -0.337 e. The van der Waals surface area contributed by atoms with Gasteiger partial charge in [0, 0.05) is 7.05 Å². The molecule has 1 N–H and O–H groups in total. The molecule has 1 spiro atoms. The zero-order valence-electron chi connectivity index (χ0n) is 17.8. The van der Waals surface area contributed by atoms with Crippen LogP contribution in [-0.4, -0.2) is 41.2 Å². The number of urea groups is 1. The normalized spacial score (nSPS) is 24.5. The lowest BCUT2D eigenvalue weighted by molar-refractivity contribution is -0.140. The monoisotopic (exact) mass is 417 g/mol. The molecule has 1 heterocycles. The van der Waals surface area contributed by atoms with E-state index in [-0.39, 0.29) is 24.4 Å². The van der Waals surface area contributed by atoms with E-state index < -0.39 is 11.6 Å². The molecule has 2 atom stereocenters. The molecule has 6 nitrogen and oxygen atoms in total. The van der Waals surface area contributed by atoms with Crippen LogP contribution in [0.3, 0.4) is 0 Å². The van der Waals surface area contributed by atoms with Gasteiger partial charge in [-0.25, -0.2) is 4.79 Å². The van der Waals surface area contributed by atoms with Crippen molar-refractivity contribution in [2.45, 2.75) is 50.1 Å². The Kier molecular flexibility index (Phi) is 4.80. The summed E-state index contributed by atoms with van der Waals surface area (Å²) in [5, 5.41) is 2.93. The van der Waals surface area contributed by atoms with E-state index in [0.717, 1.165) is 48.1 Å². The van der Waals surface area contributed by atoms with Crippen LogP contribution in [0, 0.1) is 0 Å². The number of likely N-dealkylation sites (N-methyl/N-ethyl adjacent to an activating group) is 1. The maximum Gasteiger partial charge on any atom is 0.325 e. The molecule has 2 aliphatic carbocycles. The predicted molar refractivity (Wildman–Crippen MR) is 116 cm³/mol. The van der Waals surface area contributed by atoms with Crippen LogP contribution >= 0.6 is 0 Å². The van der Waals surface area contributed by atoms with Crippen molar-refractivity contribution in [1.29, 1.82) is 0 Å². The van der Waals surface area contributed by atoms with Gasteiger partial charge in [-0.3, -0.25) is 14.5 Å². The first-order chi connectivity index (χ1) is 15.0. The number of nitrogens with one attached hydrogen (secondary N) is 1. The summed E-state index contributed by atoms with van der Waals surface area (Å²) >= 11 is 0. The Morgan fingerprint density at radius 3 is 2.61 bits per heavy atom. The molecule has 5 rings (SSSR count). The summed E-state index contributed by atoms with van der Waals surface area (Å²) in [6.45, 7) is -0.232. The van der Waals surface area contributed by atoms with Crippen LogP contribution in [0.25, 0.3) is 0 Å². The van der Waals surface area contributed by atoms with Crippen LogP contribution in [0.15, 0.2) is 48.5 Å². The zero-order valence-corrected chi connectivity index (χ0v) is 17.8. The van der Waals surface area contributed by atoms with Crippen LogP contribution < -0.4 is 5.32 Å². The van der Waals surface area contributed by atoms with Gasteiger partial charge in [-0.1, -0.05) is 48.5 Å². The third-order valence-electron chi connectivity index (χ3n) is 7.14. The SMILES string of the molecule is CN(C(=O)CN1C(=O)NC2(CCCc3ccccc32)C1=O)C1CCCc2ccccc21. The average molecular weight is 418 g/mol. The highest BCUT2D eigenvalue weighted by Crippen LogP contribution is 2.40. The van der Waals surface area contributed by atoms with Crippen LogP contribution in [0.4, 0.5) is 4.79 Å². The molecule has 0 saturated carbocycles.